The van der Waals surface area contributed by atoms with Crippen molar-refractivity contribution in [3.05, 3.63) is 28.8 Å². The molecule has 0 heterocycles. The molecule has 18 heavy (non-hydrogen) atoms. The van der Waals surface area contributed by atoms with Gasteiger partial charge in [-0.2, -0.15) is 0 Å². The van der Waals surface area contributed by atoms with Gasteiger partial charge in [0.05, 0.1) is 6.10 Å². The SMILES string of the molecule is CCCNCc1cc(C)c(OC(C)CC)c(C)c1. The number of ether oxygens (including phenoxy) is 1. The zero-order valence-electron chi connectivity index (χ0n) is 12.5. The smallest absolute Gasteiger partial charge is 0.125 e. The average molecular weight is 249 g/mol. The molecule has 0 aliphatic rings. The third kappa shape index (κ3) is 4.34. The predicted molar refractivity (Wildman–Crippen MR) is 78.3 cm³/mol. The summed E-state index contributed by atoms with van der Waals surface area (Å²) in [5, 5.41) is 3.44. The highest BCUT2D eigenvalue weighted by Gasteiger charge is 2.09. The highest BCUT2D eigenvalue weighted by Crippen LogP contribution is 2.26. The Morgan fingerprint density at radius 1 is 1.17 bits per heavy atom. The molecule has 0 saturated carbocycles. The molecule has 2 heteroatoms. The van der Waals surface area contributed by atoms with Crippen LogP contribution in [-0.2, 0) is 6.54 Å². The van der Waals surface area contributed by atoms with Crippen molar-refractivity contribution in [3.63, 3.8) is 0 Å². The van der Waals surface area contributed by atoms with Crippen LogP contribution in [0.4, 0.5) is 0 Å². The third-order valence-electron chi connectivity index (χ3n) is 3.17. The first-order chi connectivity index (χ1) is 8.58. The van der Waals surface area contributed by atoms with Crippen LogP contribution in [0.15, 0.2) is 12.1 Å². The van der Waals surface area contributed by atoms with Gasteiger partial charge in [0.15, 0.2) is 0 Å². The lowest BCUT2D eigenvalue weighted by molar-refractivity contribution is 0.214. The Hall–Kier alpha value is -1.02. The molecule has 102 valence electrons. The van der Waals surface area contributed by atoms with E-state index in [1.54, 1.807) is 0 Å². The van der Waals surface area contributed by atoms with E-state index in [2.05, 4.69) is 52.1 Å². The van der Waals surface area contributed by atoms with E-state index in [1.165, 1.54) is 23.1 Å². The molecule has 0 bridgehead atoms. The standard InChI is InChI=1S/C16H27NO/c1-6-8-17-11-15-9-12(3)16(13(4)10-15)18-14(5)7-2/h9-10,14,17H,6-8,11H2,1-5H3. The summed E-state index contributed by atoms with van der Waals surface area (Å²) in [4.78, 5) is 0. The van der Waals surface area contributed by atoms with Crippen LogP contribution in [0.2, 0.25) is 0 Å². The highest BCUT2D eigenvalue weighted by atomic mass is 16.5. The molecule has 0 aliphatic carbocycles. The Morgan fingerprint density at radius 2 is 1.78 bits per heavy atom. The molecule has 1 unspecified atom stereocenters. The molecule has 0 spiro atoms. The van der Waals surface area contributed by atoms with Crippen LogP contribution in [0, 0.1) is 13.8 Å². The second-order valence-corrected chi connectivity index (χ2v) is 5.07. The topological polar surface area (TPSA) is 21.3 Å². The fraction of sp³-hybridized carbons (Fsp3) is 0.625. The van der Waals surface area contributed by atoms with Gasteiger partial charge in [0.2, 0.25) is 0 Å². The maximum atomic E-state index is 5.99. The van der Waals surface area contributed by atoms with E-state index in [0.717, 1.165) is 25.3 Å². The Bertz CT molecular complexity index is 350. The first-order valence-electron chi connectivity index (χ1n) is 7.05. The van der Waals surface area contributed by atoms with Crippen molar-refractivity contribution in [2.75, 3.05) is 6.54 Å². The Balaban J connectivity index is 2.77. The Morgan fingerprint density at radius 3 is 2.28 bits per heavy atom. The summed E-state index contributed by atoms with van der Waals surface area (Å²) in [6, 6.07) is 4.46. The monoisotopic (exact) mass is 249 g/mol. The van der Waals surface area contributed by atoms with Gasteiger partial charge in [-0.25, -0.2) is 0 Å². The van der Waals surface area contributed by atoms with Crippen molar-refractivity contribution in [2.45, 2.75) is 60.1 Å². The van der Waals surface area contributed by atoms with Crippen LogP contribution in [0.3, 0.4) is 0 Å². The molecule has 0 radical (unpaired) electrons. The molecule has 1 N–H and O–H groups in total. The van der Waals surface area contributed by atoms with Gasteiger partial charge in [0.25, 0.3) is 0 Å². The van der Waals surface area contributed by atoms with Crippen LogP contribution < -0.4 is 10.1 Å². The van der Waals surface area contributed by atoms with Gasteiger partial charge >= 0.3 is 0 Å². The zero-order chi connectivity index (χ0) is 13.5. The minimum Gasteiger partial charge on any atom is -0.490 e. The van der Waals surface area contributed by atoms with Crippen molar-refractivity contribution < 1.29 is 4.74 Å². The molecule has 0 fully saturated rings. The van der Waals surface area contributed by atoms with Crippen LogP contribution in [0.25, 0.3) is 0 Å². The van der Waals surface area contributed by atoms with E-state index in [-0.39, 0.29) is 6.10 Å². The van der Waals surface area contributed by atoms with Crippen molar-refractivity contribution in [1.82, 2.24) is 5.32 Å². The maximum Gasteiger partial charge on any atom is 0.125 e. The number of benzene rings is 1. The van der Waals surface area contributed by atoms with Gasteiger partial charge < -0.3 is 10.1 Å². The fourth-order valence-electron chi connectivity index (χ4n) is 2.02. The molecule has 1 aromatic carbocycles. The molecule has 0 aromatic heterocycles. The van der Waals surface area contributed by atoms with Gasteiger partial charge in [-0.3, -0.25) is 0 Å². The fourth-order valence-corrected chi connectivity index (χ4v) is 2.02. The maximum absolute atomic E-state index is 5.99. The zero-order valence-corrected chi connectivity index (χ0v) is 12.5. The van der Waals surface area contributed by atoms with Gasteiger partial charge in [-0.15, -0.1) is 0 Å². The van der Waals surface area contributed by atoms with Crippen LogP contribution in [0.1, 0.15) is 50.3 Å². The van der Waals surface area contributed by atoms with Gasteiger partial charge in [-0.05, 0) is 56.8 Å². The van der Waals surface area contributed by atoms with Gasteiger partial charge in [0.1, 0.15) is 5.75 Å². The molecular formula is C16H27NO. The second kappa shape index (κ2) is 7.42. The van der Waals surface area contributed by atoms with E-state index < -0.39 is 0 Å². The normalized spacial score (nSPS) is 12.5. The van der Waals surface area contributed by atoms with Crippen molar-refractivity contribution in [3.8, 4) is 5.75 Å². The minimum absolute atomic E-state index is 0.284. The molecule has 1 atom stereocenters. The molecule has 1 aromatic rings. The number of hydrogen-bond donors (Lipinski definition) is 1. The number of rotatable bonds is 7. The van der Waals surface area contributed by atoms with Crippen molar-refractivity contribution in [2.24, 2.45) is 0 Å². The van der Waals surface area contributed by atoms with E-state index in [9.17, 15) is 0 Å². The van der Waals surface area contributed by atoms with E-state index in [0.29, 0.717) is 0 Å². The summed E-state index contributed by atoms with van der Waals surface area (Å²) in [7, 11) is 0. The minimum atomic E-state index is 0.284. The second-order valence-electron chi connectivity index (χ2n) is 5.07. The van der Waals surface area contributed by atoms with Gasteiger partial charge in [-0.1, -0.05) is 26.0 Å². The summed E-state index contributed by atoms with van der Waals surface area (Å²) in [6.45, 7) is 12.7. The molecule has 0 amide bonds. The van der Waals surface area contributed by atoms with E-state index >= 15 is 0 Å². The summed E-state index contributed by atoms with van der Waals surface area (Å²) < 4.78 is 5.99. The first-order valence-corrected chi connectivity index (χ1v) is 7.05. The molecule has 1 rings (SSSR count). The van der Waals surface area contributed by atoms with E-state index in [4.69, 9.17) is 4.74 Å². The molecule has 0 saturated heterocycles. The number of nitrogens with one attached hydrogen (secondary N) is 1. The van der Waals surface area contributed by atoms with Crippen molar-refractivity contribution >= 4 is 0 Å². The lowest BCUT2D eigenvalue weighted by Gasteiger charge is -2.18. The van der Waals surface area contributed by atoms with Crippen molar-refractivity contribution in [1.29, 1.82) is 0 Å². The van der Waals surface area contributed by atoms with Gasteiger partial charge in [0, 0.05) is 6.54 Å². The predicted octanol–water partition coefficient (Wildman–Crippen LogP) is 3.98. The van der Waals surface area contributed by atoms with Crippen LogP contribution in [0.5, 0.6) is 5.75 Å². The quantitative estimate of drug-likeness (QED) is 0.738. The lowest BCUT2D eigenvalue weighted by atomic mass is 10.1. The summed E-state index contributed by atoms with van der Waals surface area (Å²) in [6.07, 6.45) is 2.50. The Labute approximate surface area is 112 Å². The average Bonchev–Trinajstić information content (AvgIpc) is 2.34. The third-order valence-corrected chi connectivity index (χ3v) is 3.17. The first kappa shape index (κ1) is 15.0. The summed E-state index contributed by atoms with van der Waals surface area (Å²) in [5.74, 6) is 1.06. The molecular weight excluding hydrogens is 222 g/mol. The Kier molecular flexibility index (Phi) is 6.20. The lowest BCUT2D eigenvalue weighted by Crippen LogP contribution is -2.15. The van der Waals surface area contributed by atoms with Crippen LogP contribution in [-0.4, -0.2) is 12.6 Å². The molecule has 0 aliphatic heterocycles. The largest absolute Gasteiger partial charge is 0.490 e. The van der Waals surface area contributed by atoms with Crippen LogP contribution >= 0.6 is 0 Å². The van der Waals surface area contributed by atoms with E-state index in [1.807, 2.05) is 0 Å². The summed E-state index contributed by atoms with van der Waals surface area (Å²) in [5.41, 5.74) is 3.82. The molecule has 2 nitrogen and oxygen atoms in total. The number of hydrogen-bond acceptors (Lipinski definition) is 2. The highest BCUT2D eigenvalue weighted by molar-refractivity contribution is 5.43. The summed E-state index contributed by atoms with van der Waals surface area (Å²) >= 11 is 0. The number of aryl methyl sites for hydroxylation is 2.